The summed E-state index contributed by atoms with van der Waals surface area (Å²) in [6, 6.07) is 4.65. The Morgan fingerprint density at radius 3 is 2.61 bits per heavy atom. The van der Waals surface area contributed by atoms with Crippen LogP contribution in [0.4, 0.5) is 11.4 Å². The molecule has 0 amide bonds. The highest BCUT2D eigenvalue weighted by atomic mass is 32.2. The van der Waals surface area contributed by atoms with Gasteiger partial charge < -0.3 is 5.32 Å². The van der Waals surface area contributed by atoms with Gasteiger partial charge in [-0.3, -0.25) is 10.1 Å². The van der Waals surface area contributed by atoms with E-state index in [1.807, 2.05) is 0 Å². The molecule has 0 heterocycles. The molecule has 3 N–H and O–H groups in total. The predicted molar refractivity (Wildman–Crippen MR) is 68.9 cm³/mol. The molecular formula is C10H15N3O4S. The molecule has 0 saturated carbocycles. The van der Waals surface area contributed by atoms with Crippen molar-refractivity contribution in [2.24, 2.45) is 5.14 Å². The van der Waals surface area contributed by atoms with Gasteiger partial charge in [0.25, 0.3) is 5.69 Å². The van der Waals surface area contributed by atoms with Crippen molar-refractivity contribution in [3.05, 3.63) is 33.9 Å². The van der Waals surface area contributed by atoms with E-state index in [4.69, 9.17) is 5.14 Å². The van der Waals surface area contributed by atoms with Gasteiger partial charge in [-0.1, -0.05) is 0 Å². The van der Waals surface area contributed by atoms with Crippen LogP contribution in [0.3, 0.4) is 0 Å². The molecule has 7 nitrogen and oxygen atoms in total. The fourth-order valence-corrected chi connectivity index (χ4v) is 2.02. The lowest BCUT2D eigenvalue weighted by Gasteiger charge is -2.06. The molecule has 0 saturated heterocycles. The van der Waals surface area contributed by atoms with Gasteiger partial charge >= 0.3 is 0 Å². The van der Waals surface area contributed by atoms with E-state index < -0.39 is 14.9 Å². The quantitative estimate of drug-likeness (QED) is 0.455. The standard InChI is InChI=1S/C10H15N3O4S/c1-8-7-9(3-4-10(8)13(14)15)12-5-2-6-18(11,16)17/h3-4,7,12H,2,5-6H2,1H3,(H2,11,16,17). The van der Waals surface area contributed by atoms with Gasteiger partial charge in [-0.2, -0.15) is 0 Å². The maximum atomic E-state index is 10.7. The first kappa shape index (κ1) is 14.4. The number of hydrogen-bond acceptors (Lipinski definition) is 5. The normalized spacial score (nSPS) is 11.2. The number of hydrogen-bond donors (Lipinski definition) is 2. The van der Waals surface area contributed by atoms with E-state index in [1.165, 1.54) is 6.07 Å². The third-order valence-electron chi connectivity index (χ3n) is 2.33. The molecule has 0 fully saturated rings. The molecule has 0 aliphatic carbocycles. The van der Waals surface area contributed by atoms with Gasteiger partial charge in [0.15, 0.2) is 0 Å². The Morgan fingerprint density at radius 2 is 2.11 bits per heavy atom. The van der Waals surface area contributed by atoms with Gasteiger partial charge in [-0.25, -0.2) is 13.6 Å². The number of nitrogens with one attached hydrogen (secondary N) is 1. The van der Waals surface area contributed by atoms with E-state index in [9.17, 15) is 18.5 Å². The lowest BCUT2D eigenvalue weighted by Crippen LogP contribution is -2.18. The molecule has 0 aliphatic heterocycles. The Kier molecular flexibility index (Phi) is 4.62. The van der Waals surface area contributed by atoms with E-state index in [2.05, 4.69) is 5.32 Å². The van der Waals surface area contributed by atoms with Gasteiger partial charge in [-0.05, 0) is 25.5 Å². The minimum Gasteiger partial charge on any atom is -0.385 e. The number of nitro benzene ring substituents is 1. The van der Waals surface area contributed by atoms with Gasteiger partial charge in [-0.15, -0.1) is 0 Å². The summed E-state index contributed by atoms with van der Waals surface area (Å²) in [5.74, 6) is -0.0913. The zero-order valence-corrected chi connectivity index (χ0v) is 10.7. The van der Waals surface area contributed by atoms with E-state index >= 15 is 0 Å². The van der Waals surface area contributed by atoms with E-state index in [1.54, 1.807) is 19.1 Å². The van der Waals surface area contributed by atoms with Crippen LogP contribution in [0.5, 0.6) is 0 Å². The van der Waals surface area contributed by atoms with Crippen LogP contribution in [0, 0.1) is 17.0 Å². The van der Waals surface area contributed by atoms with Crippen LogP contribution in [0.2, 0.25) is 0 Å². The Bertz CT molecular complexity index is 542. The maximum Gasteiger partial charge on any atom is 0.272 e. The van der Waals surface area contributed by atoms with Gasteiger partial charge in [0.1, 0.15) is 0 Å². The van der Waals surface area contributed by atoms with E-state index in [0.29, 0.717) is 24.2 Å². The third kappa shape index (κ3) is 4.68. The number of sulfonamides is 1. The summed E-state index contributed by atoms with van der Waals surface area (Å²) < 4.78 is 21.4. The minimum atomic E-state index is -3.43. The number of primary sulfonamides is 1. The van der Waals surface area contributed by atoms with Crippen LogP contribution < -0.4 is 10.5 Å². The number of anilines is 1. The van der Waals surface area contributed by atoms with Crippen LogP contribution in [0.1, 0.15) is 12.0 Å². The Labute approximate surface area is 105 Å². The summed E-state index contributed by atoms with van der Waals surface area (Å²) in [6.07, 6.45) is 0.384. The van der Waals surface area contributed by atoms with Crippen molar-refractivity contribution < 1.29 is 13.3 Å². The average molecular weight is 273 g/mol. The molecule has 18 heavy (non-hydrogen) atoms. The number of nitrogens with zero attached hydrogens (tertiary/aromatic N) is 1. The smallest absolute Gasteiger partial charge is 0.272 e. The number of aryl methyl sites for hydroxylation is 1. The van der Waals surface area contributed by atoms with Gasteiger partial charge in [0, 0.05) is 23.9 Å². The Morgan fingerprint density at radius 1 is 1.44 bits per heavy atom. The molecule has 0 unspecified atom stereocenters. The highest BCUT2D eigenvalue weighted by molar-refractivity contribution is 7.89. The van der Waals surface area contributed by atoms with Crippen LogP contribution in [-0.4, -0.2) is 25.6 Å². The second kappa shape index (κ2) is 5.78. The minimum absolute atomic E-state index is 0.0603. The molecule has 0 atom stereocenters. The lowest BCUT2D eigenvalue weighted by atomic mass is 10.2. The summed E-state index contributed by atoms with van der Waals surface area (Å²) in [5, 5.41) is 18.5. The van der Waals surface area contributed by atoms with E-state index in [-0.39, 0.29) is 11.4 Å². The summed E-state index contributed by atoms with van der Waals surface area (Å²) in [7, 11) is -3.43. The number of nitrogens with two attached hydrogens (primary N) is 1. The van der Waals surface area contributed by atoms with Crippen LogP contribution in [-0.2, 0) is 10.0 Å². The first-order valence-corrected chi connectivity index (χ1v) is 7.00. The highest BCUT2D eigenvalue weighted by Crippen LogP contribution is 2.21. The van der Waals surface area contributed by atoms with E-state index in [0.717, 1.165) is 0 Å². The van der Waals surface area contributed by atoms with Crippen molar-refractivity contribution in [3.8, 4) is 0 Å². The molecule has 1 aromatic carbocycles. The summed E-state index contributed by atoms with van der Waals surface area (Å²) in [6.45, 7) is 2.08. The third-order valence-corrected chi connectivity index (χ3v) is 3.19. The van der Waals surface area contributed by atoms with Crippen molar-refractivity contribution in [2.45, 2.75) is 13.3 Å². The molecule has 100 valence electrons. The van der Waals surface area contributed by atoms with Crippen molar-refractivity contribution in [3.63, 3.8) is 0 Å². The Balaban J connectivity index is 2.54. The summed E-state index contributed by atoms with van der Waals surface area (Å²) in [4.78, 5) is 10.2. The van der Waals surface area contributed by atoms with Crippen LogP contribution in [0.15, 0.2) is 18.2 Å². The van der Waals surface area contributed by atoms with Gasteiger partial charge in [0.2, 0.25) is 10.0 Å². The van der Waals surface area contributed by atoms with Crippen LogP contribution in [0.25, 0.3) is 0 Å². The second-order valence-electron chi connectivity index (χ2n) is 3.91. The molecule has 0 radical (unpaired) electrons. The van der Waals surface area contributed by atoms with Crippen molar-refractivity contribution >= 4 is 21.4 Å². The SMILES string of the molecule is Cc1cc(NCCCS(N)(=O)=O)ccc1[N+](=O)[O-]. The topological polar surface area (TPSA) is 115 Å². The molecule has 1 aromatic rings. The highest BCUT2D eigenvalue weighted by Gasteiger charge is 2.09. The summed E-state index contributed by atoms with van der Waals surface area (Å²) in [5.41, 5.74) is 1.33. The number of rotatable bonds is 6. The zero-order chi connectivity index (χ0) is 13.8. The molecular weight excluding hydrogens is 258 g/mol. The first-order valence-electron chi connectivity index (χ1n) is 5.29. The number of benzene rings is 1. The number of nitro groups is 1. The monoisotopic (exact) mass is 273 g/mol. The van der Waals surface area contributed by atoms with Gasteiger partial charge in [0.05, 0.1) is 10.7 Å². The van der Waals surface area contributed by atoms with Crippen LogP contribution >= 0.6 is 0 Å². The molecule has 8 heteroatoms. The fraction of sp³-hybridized carbons (Fsp3) is 0.400. The molecule has 0 aliphatic rings. The molecule has 1 rings (SSSR count). The lowest BCUT2D eigenvalue weighted by molar-refractivity contribution is -0.385. The Hall–Kier alpha value is -1.67. The predicted octanol–water partition coefficient (Wildman–Crippen LogP) is 0.994. The van der Waals surface area contributed by atoms with Crippen molar-refractivity contribution in [2.75, 3.05) is 17.6 Å². The van der Waals surface area contributed by atoms with Crippen molar-refractivity contribution in [1.82, 2.24) is 0 Å². The average Bonchev–Trinajstić information content (AvgIpc) is 2.22. The molecule has 0 spiro atoms. The maximum absolute atomic E-state index is 10.7. The molecule has 0 aromatic heterocycles. The first-order chi connectivity index (χ1) is 8.29. The second-order valence-corrected chi connectivity index (χ2v) is 5.64. The van der Waals surface area contributed by atoms with Crippen molar-refractivity contribution in [1.29, 1.82) is 0 Å². The summed E-state index contributed by atoms with van der Waals surface area (Å²) >= 11 is 0. The largest absolute Gasteiger partial charge is 0.385 e. The molecule has 0 bridgehead atoms. The fourth-order valence-electron chi connectivity index (χ4n) is 1.48. The zero-order valence-electron chi connectivity index (χ0n) is 9.92.